The van der Waals surface area contributed by atoms with Gasteiger partial charge in [-0.05, 0) is 49.8 Å². The van der Waals surface area contributed by atoms with Crippen molar-refractivity contribution in [1.82, 2.24) is 0 Å². The molecule has 1 aromatic rings. The highest BCUT2D eigenvalue weighted by Crippen LogP contribution is 2.38. The SMILES string of the molecule is COc1cc(CCO)ccc1NCCC1(OC)CCC1. The minimum atomic E-state index is 0.0943. The zero-order valence-corrected chi connectivity index (χ0v) is 12.4. The summed E-state index contributed by atoms with van der Waals surface area (Å²) < 4.78 is 11.0. The lowest BCUT2D eigenvalue weighted by molar-refractivity contribution is -0.0748. The summed E-state index contributed by atoms with van der Waals surface area (Å²) in [6.07, 6.45) is 5.27. The number of rotatable bonds is 8. The van der Waals surface area contributed by atoms with Gasteiger partial charge >= 0.3 is 0 Å². The third-order valence-corrected chi connectivity index (χ3v) is 4.26. The molecule has 0 atom stereocenters. The van der Waals surface area contributed by atoms with Gasteiger partial charge in [0.05, 0.1) is 18.4 Å². The van der Waals surface area contributed by atoms with E-state index in [-0.39, 0.29) is 12.2 Å². The molecule has 4 heteroatoms. The average molecular weight is 279 g/mol. The van der Waals surface area contributed by atoms with E-state index in [2.05, 4.69) is 5.32 Å². The quantitative estimate of drug-likeness (QED) is 0.768. The van der Waals surface area contributed by atoms with Crippen molar-refractivity contribution in [3.8, 4) is 5.75 Å². The van der Waals surface area contributed by atoms with Crippen LogP contribution in [-0.4, -0.2) is 38.1 Å². The largest absolute Gasteiger partial charge is 0.495 e. The maximum absolute atomic E-state index is 8.97. The minimum Gasteiger partial charge on any atom is -0.495 e. The smallest absolute Gasteiger partial charge is 0.142 e. The monoisotopic (exact) mass is 279 g/mol. The fourth-order valence-electron chi connectivity index (χ4n) is 2.72. The third kappa shape index (κ3) is 3.44. The van der Waals surface area contributed by atoms with Crippen molar-refractivity contribution in [2.24, 2.45) is 0 Å². The van der Waals surface area contributed by atoms with Gasteiger partial charge in [-0.1, -0.05) is 6.07 Å². The van der Waals surface area contributed by atoms with Gasteiger partial charge in [0.15, 0.2) is 0 Å². The van der Waals surface area contributed by atoms with Gasteiger partial charge < -0.3 is 19.9 Å². The fraction of sp³-hybridized carbons (Fsp3) is 0.625. The Bertz CT molecular complexity index is 424. The number of ether oxygens (including phenoxy) is 2. The van der Waals surface area contributed by atoms with Crippen LogP contribution in [0.1, 0.15) is 31.2 Å². The van der Waals surface area contributed by atoms with Crippen LogP contribution in [0.2, 0.25) is 0 Å². The molecular formula is C16H25NO3. The Balaban J connectivity index is 1.91. The molecule has 0 bridgehead atoms. The van der Waals surface area contributed by atoms with Gasteiger partial charge in [0.2, 0.25) is 0 Å². The zero-order valence-electron chi connectivity index (χ0n) is 12.4. The molecule has 0 heterocycles. The van der Waals surface area contributed by atoms with Crippen molar-refractivity contribution in [1.29, 1.82) is 0 Å². The lowest BCUT2D eigenvalue weighted by Crippen LogP contribution is -2.40. The Labute approximate surface area is 121 Å². The summed E-state index contributed by atoms with van der Waals surface area (Å²) in [5, 5.41) is 12.4. The highest BCUT2D eigenvalue weighted by atomic mass is 16.5. The Morgan fingerprint density at radius 2 is 2.10 bits per heavy atom. The van der Waals surface area contributed by atoms with Crippen LogP contribution in [0.4, 0.5) is 5.69 Å². The molecule has 4 nitrogen and oxygen atoms in total. The number of nitrogens with one attached hydrogen (secondary N) is 1. The molecule has 1 fully saturated rings. The summed E-state index contributed by atoms with van der Waals surface area (Å²) in [6, 6.07) is 6.02. The molecule has 20 heavy (non-hydrogen) atoms. The summed E-state index contributed by atoms with van der Waals surface area (Å²) in [5.41, 5.74) is 2.18. The summed E-state index contributed by atoms with van der Waals surface area (Å²) in [6.45, 7) is 1.04. The second-order valence-corrected chi connectivity index (χ2v) is 5.43. The summed E-state index contributed by atoms with van der Waals surface area (Å²) in [5.74, 6) is 0.830. The van der Waals surface area contributed by atoms with Crippen LogP contribution in [0.3, 0.4) is 0 Å². The van der Waals surface area contributed by atoms with E-state index in [9.17, 15) is 0 Å². The molecule has 0 amide bonds. The number of methoxy groups -OCH3 is 2. The second-order valence-electron chi connectivity index (χ2n) is 5.43. The van der Waals surface area contributed by atoms with Crippen LogP contribution in [0.15, 0.2) is 18.2 Å². The van der Waals surface area contributed by atoms with Crippen molar-refractivity contribution in [3.05, 3.63) is 23.8 Å². The average Bonchev–Trinajstić information content (AvgIpc) is 2.43. The number of hydrogen-bond donors (Lipinski definition) is 2. The van der Waals surface area contributed by atoms with Crippen LogP contribution in [0.25, 0.3) is 0 Å². The Morgan fingerprint density at radius 1 is 1.30 bits per heavy atom. The normalized spacial score (nSPS) is 16.6. The standard InChI is InChI=1S/C16H25NO3/c1-19-15-12-13(6-11-18)4-5-14(15)17-10-9-16(20-2)7-3-8-16/h4-5,12,17-18H,3,6-11H2,1-2H3. The van der Waals surface area contributed by atoms with Crippen molar-refractivity contribution < 1.29 is 14.6 Å². The topological polar surface area (TPSA) is 50.7 Å². The highest BCUT2D eigenvalue weighted by Gasteiger charge is 2.36. The maximum Gasteiger partial charge on any atom is 0.142 e. The number of aliphatic hydroxyl groups excluding tert-OH is 1. The first kappa shape index (κ1) is 15.1. The van der Waals surface area contributed by atoms with E-state index in [1.54, 1.807) is 7.11 Å². The molecule has 112 valence electrons. The van der Waals surface area contributed by atoms with Gasteiger partial charge in [-0.25, -0.2) is 0 Å². The van der Waals surface area contributed by atoms with Gasteiger partial charge in [-0.2, -0.15) is 0 Å². The molecule has 1 aliphatic rings. The number of benzene rings is 1. The molecule has 1 aromatic carbocycles. The van der Waals surface area contributed by atoms with Crippen LogP contribution in [0.5, 0.6) is 5.75 Å². The van der Waals surface area contributed by atoms with Crippen molar-refractivity contribution >= 4 is 5.69 Å². The molecule has 0 unspecified atom stereocenters. The molecule has 2 N–H and O–H groups in total. The molecule has 1 saturated carbocycles. The maximum atomic E-state index is 8.97. The van der Waals surface area contributed by atoms with E-state index in [1.807, 2.05) is 25.3 Å². The first-order chi connectivity index (χ1) is 9.73. The second kappa shape index (κ2) is 6.95. The molecule has 0 aliphatic heterocycles. The van der Waals surface area contributed by atoms with E-state index in [1.165, 1.54) is 6.42 Å². The van der Waals surface area contributed by atoms with E-state index in [0.717, 1.165) is 42.8 Å². The lowest BCUT2D eigenvalue weighted by atomic mass is 9.77. The first-order valence-electron chi connectivity index (χ1n) is 7.30. The summed E-state index contributed by atoms with van der Waals surface area (Å²) in [4.78, 5) is 0. The molecular weight excluding hydrogens is 254 g/mol. The van der Waals surface area contributed by atoms with E-state index >= 15 is 0 Å². The van der Waals surface area contributed by atoms with Crippen LogP contribution < -0.4 is 10.1 Å². The summed E-state index contributed by atoms with van der Waals surface area (Å²) >= 11 is 0. The van der Waals surface area contributed by atoms with Crippen molar-refractivity contribution in [2.75, 3.05) is 32.7 Å². The molecule has 1 aliphatic carbocycles. The number of anilines is 1. The fourth-order valence-corrected chi connectivity index (χ4v) is 2.72. The Kier molecular flexibility index (Phi) is 5.26. The zero-order chi connectivity index (χ0) is 14.4. The molecule has 0 aromatic heterocycles. The van der Waals surface area contributed by atoms with Gasteiger partial charge in [0.1, 0.15) is 5.75 Å². The highest BCUT2D eigenvalue weighted by molar-refractivity contribution is 5.57. The number of aliphatic hydroxyl groups is 1. The van der Waals surface area contributed by atoms with Gasteiger partial charge in [0, 0.05) is 20.3 Å². The van der Waals surface area contributed by atoms with Crippen LogP contribution in [0, 0.1) is 0 Å². The summed E-state index contributed by atoms with van der Waals surface area (Å²) in [7, 11) is 3.48. The van der Waals surface area contributed by atoms with Gasteiger partial charge in [-0.3, -0.25) is 0 Å². The van der Waals surface area contributed by atoms with E-state index < -0.39 is 0 Å². The Morgan fingerprint density at radius 3 is 2.65 bits per heavy atom. The van der Waals surface area contributed by atoms with E-state index in [4.69, 9.17) is 14.6 Å². The number of hydrogen-bond acceptors (Lipinski definition) is 4. The van der Waals surface area contributed by atoms with Crippen LogP contribution in [-0.2, 0) is 11.2 Å². The van der Waals surface area contributed by atoms with E-state index in [0.29, 0.717) is 6.42 Å². The van der Waals surface area contributed by atoms with Crippen LogP contribution >= 0.6 is 0 Å². The molecule has 0 saturated heterocycles. The minimum absolute atomic E-state index is 0.0943. The molecule has 2 rings (SSSR count). The first-order valence-corrected chi connectivity index (χ1v) is 7.30. The predicted molar refractivity (Wildman–Crippen MR) is 80.5 cm³/mol. The third-order valence-electron chi connectivity index (χ3n) is 4.26. The predicted octanol–water partition coefficient (Wildman–Crippen LogP) is 2.60. The van der Waals surface area contributed by atoms with Crippen molar-refractivity contribution in [2.45, 2.75) is 37.7 Å². The lowest BCUT2D eigenvalue weighted by Gasteiger charge is -2.40. The molecule has 0 spiro atoms. The van der Waals surface area contributed by atoms with Gasteiger partial charge in [-0.15, -0.1) is 0 Å². The van der Waals surface area contributed by atoms with Gasteiger partial charge in [0.25, 0.3) is 0 Å². The van der Waals surface area contributed by atoms with Crippen molar-refractivity contribution in [3.63, 3.8) is 0 Å². The Hall–Kier alpha value is -1.26. The molecule has 0 radical (unpaired) electrons.